The zero-order chi connectivity index (χ0) is 19.2. The number of nitrogens with zero attached hydrogens (tertiary/aromatic N) is 1. The van der Waals surface area contributed by atoms with E-state index in [1.54, 1.807) is 0 Å². The standard InChI is InChI=1S/C21H26ClN3OS/c1-15-3-6-17(13-20(15)22)24-21(27)23-14-16-4-7-18(8-5-16)26-19-9-11-25(2)12-10-19/h3-8,13,19H,9-12,14H2,1-2H3,(H2,23,24,27). The van der Waals surface area contributed by atoms with Crippen LogP contribution in [0.1, 0.15) is 24.0 Å². The average Bonchev–Trinajstić information content (AvgIpc) is 2.66. The van der Waals surface area contributed by atoms with Crippen molar-refractivity contribution in [1.29, 1.82) is 0 Å². The highest BCUT2D eigenvalue weighted by atomic mass is 35.5. The molecule has 0 aromatic heterocycles. The van der Waals surface area contributed by atoms with E-state index in [1.807, 2.05) is 37.3 Å². The molecule has 2 aromatic carbocycles. The number of piperidine rings is 1. The third-order valence-electron chi connectivity index (χ3n) is 4.77. The van der Waals surface area contributed by atoms with E-state index in [0.717, 1.165) is 53.5 Å². The van der Waals surface area contributed by atoms with Gasteiger partial charge in [-0.25, -0.2) is 0 Å². The minimum atomic E-state index is 0.322. The fourth-order valence-corrected chi connectivity index (χ4v) is 3.38. The molecule has 0 radical (unpaired) electrons. The number of likely N-dealkylation sites (tertiary alicyclic amines) is 1. The number of benzene rings is 2. The molecule has 1 aliphatic rings. The van der Waals surface area contributed by atoms with Crippen LogP contribution in [0, 0.1) is 6.92 Å². The summed E-state index contributed by atoms with van der Waals surface area (Å²) in [6.45, 7) is 4.83. The summed E-state index contributed by atoms with van der Waals surface area (Å²) in [6, 6.07) is 14.0. The van der Waals surface area contributed by atoms with Gasteiger partial charge < -0.3 is 20.3 Å². The Hall–Kier alpha value is -1.82. The first-order valence-electron chi connectivity index (χ1n) is 9.25. The molecule has 2 aromatic rings. The maximum atomic E-state index is 6.14. The Bertz CT molecular complexity index is 773. The molecule has 1 aliphatic heterocycles. The van der Waals surface area contributed by atoms with E-state index < -0.39 is 0 Å². The zero-order valence-corrected chi connectivity index (χ0v) is 17.4. The monoisotopic (exact) mass is 403 g/mol. The lowest BCUT2D eigenvalue weighted by Gasteiger charge is -2.29. The molecule has 1 saturated heterocycles. The van der Waals surface area contributed by atoms with E-state index in [-0.39, 0.29) is 0 Å². The van der Waals surface area contributed by atoms with E-state index in [9.17, 15) is 0 Å². The van der Waals surface area contributed by atoms with Gasteiger partial charge in [0, 0.05) is 30.3 Å². The summed E-state index contributed by atoms with van der Waals surface area (Å²) in [4.78, 5) is 2.34. The number of hydrogen-bond acceptors (Lipinski definition) is 3. The van der Waals surface area contributed by atoms with Crippen LogP contribution in [-0.2, 0) is 6.54 Å². The van der Waals surface area contributed by atoms with Crippen LogP contribution in [0.15, 0.2) is 42.5 Å². The molecule has 0 spiro atoms. The van der Waals surface area contributed by atoms with Crippen molar-refractivity contribution in [3.8, 4) is 5.75 Å². The van der Waals surface area contributed by atoms with Crippen LogP contribution in [0.5, 0.6) is 5.75 Å². The van der Waals surface area contributed by atoms with Crippen molar-refractivity contribution in [3.05, 3.63) is 58.6 Å². The van der Waals surface area contributed by atoms with Crippen LogP contribution in [0.2, 0.25) is 5.02 Å². The summed E-state index contributed by atoms with van der Waals surface area (Å²) < 4.78 is 6.09. The van der Waals surface area contributed by atoms with Crippen molar-refractivity contribution in [2.45, 2.75) is 32.4 Å². The van der Waals surface area contributed by atoms with Crippen LogP contribution in [0.25, 0.3) is 0 Å². The number of hydrogen-bond donors (Lipinski definition) is 2. The molecule has 0 atom stereocenters. The Morgan fingerprint density at radius 2 is 1.89 bits per heavy atom. The van der Waals surface area contributed by atoms with Gasteiger partial charge in [0.1, 0.15) is 11.9 Å². The number of ether oxygens (including phenoxy) is 1. The summed E-state index contributed by atoms with van der Waals surface area (Å²) >= 11 is 11.5. The average molecular weight is 404 g/mol. The second-order valence-corrected chi connectivity index (χ2v) is 7.85. The zero-order valence-electron chi connectivity index (χ0n) is 15.8. The molecule has 1 fully saturated rings. The predicted molar refractivity (Wildman–Crippen MR) is 117 cm³/mol. The van der Waals surface area contributed by atoms with Gasteiger partial charge in [-0.05, 0) is 74.4 Å². The number of thiocarbonyl (C=S) groups is 1. The highest BCUT2D eigenvalue weighted by molar-refractivity contribution is 7.80. The maximum absolute atomic E-state index is 6.14. The number of nitrogens with one attached hydrogen (secondary N) is 2. The van der Waals surface area contributed by atoms with Gasteiger partial charge in [0.05, 0.1) is 0 Å². The Morgan fingerprint density at radius 1 is 1.19 bits per heavy atom. The number of anilines is 1. The molecule has 1 heterocycles. The predicted octanol–water partition coefficient (Wildman–Crippen LogP) is 4.61. The smallest absolute Gasteiger partial charge is 0.171 e. The molecule has 0 unspecified atom stereocenters. The third kappa shape index (κ3) is 6.09. The summed E-state index contributed by atoms with van der Waals surface area (Å²) in [6.07, 6.45) is 2.49. The summed E-state index contributed by atoms with van der Waals surface area (Å²) in [5.41, 5.74) is 3.07. The van der Waals surface area contributed by atoms with E-state index >= 15 is 0 Å². The first-order chi connectivity index (χ1) is 13.0. The van der Waals surface area contributed by atoms with Crippen molar-refractivity contribution >= 4 is 34.6 Å². The second kappa shape index (κ2) is 9.40. The van der Waals surface area contributed by atoms with Crippen LogP contribution < -0.4 is 15.4 Å². The van der Waals surface area contributed by atoms with Gasteiger partial charge >= 0.3 is 0 Å². The maximum Gasteiger partial charge on any atom is 0.171 e. The lowest BCUT2D eigenvalue weighted by molar-refractivity contribution is 0.114. The van der Waals surface area contributed by atoms with E-state index in [1.165, 1.54) is 0 Å². The van der Waals surface area contributed by atoms with Gasteiger partial charge in [-0.1, -0.05) is 29.8 Å². The summed E-state index contributed by atoms with van der Waals surface area (Å²) in [5, 5.41) is 7.67. The normalized spacial score (nSPS) is 15.4. The SMILES string of the molecule is Cc1ccc(NC(=S)NCc2ccc(OC3CCN(C)CC3)cc2)cc1Cl. The lowest BCUT2D eigenvalue weighted by Crippen LogP contribution is -2.35. The van der Waals surface area contributed by atoms with Gasteiger partial charge in [-0.15, -0.1) is 0 Å². The fraction of sp³-hybridized carbons (Fsp3) is 0.381. The second-order valence-electron chi connectivity index (χ2n) is 7.04. The third-order valence-corrected chi connectivity index (χ3v) is 5.43. The Balaban J connectivity index is 1.45. The Morgan fingerprint density at radius 3 is 2.56 bits per heavy atom. The number of halogens is 1. The molecule has 3 rings (SSSR count). The van der Waals surface area contributed by atoms with Crippen molar-refractivity contribution in [3.63, 3.8) is 0 Å². The number of aryl methyl sites for hydroxylation is 1. The lowest BCUT2D eigenvalue weighted by atomic mass is 10.1. The minimum absolute atomic E-state index is 0.322. The number of rotatable bonds is 5. The topological polar surface area (TPSA) is 36.5 Å². The minimum Gasteiger partial charge on any atom is -0.490 e. The molecule has 0 amide bonds. The van der Waals surface area contributed by atoms with Gasteiger partial charge in [0.2, 0.25) is 0 Å². The molecule has 0 saturated carbocycles. The van der Waals surface area contributed by atoms with Crippen LogP contribution in [-0.4, -0.2) is 36.3 Å². The molecular formula is C21H26ClN3OS. The summed E-state index contributed by atoms with van der Waals surface area (Å²) in [7, 11) is 2.16. The van der Waals surface area contributed by atoms with Gasteiger partial charge in [-0.3, -0.25) is 0 Å². The van der Waals surface area contributed by atoms with Gasteiger partial charge in [0.25, 0.3) is 0 Å². The highest BCUT2D eigenvalue weighted by Crippen LogP contribution is 2.20. The van der Waals surface area contributed by atoms with Gasteiger partial charge in [-0.2, -0.15) is 0 Å². The molecule has 4 nitrogen and oxygen atoms in total. The van der Waals surface area contributed by atoms with Crippen molar-refractivity contribution in [2.24, 2.45) is 0 Å². The summed E-state index contributed by atoms with van der Waals surface area (Å²) in [5.74, 6) is 0.934. The first-order valence-corrected chi connectivity index (χ1v) is 10.0. The molecule has 6 heteroatoms. The van der Waals surface area contributed by atoms with Crippen LogP contribution in [0.4, 0.5) is 5.69 Å². The van der Waals surface area contributed by atoms with Crippen molar-refractivity contribution in [2.75, 3.05) is 25.5 Å². The molecule has 0 bridgehead atoms. The van der Waals surface area contributed by atoms with E-state index in [4.69, 9.17) is 28.6 Å². The molecule has 2 N–H and O–H groups in total. The quantitative estimate of drug-likeness (QED) is 0.713. The molecule has 0 aliphatic carbocycles. The van der Waals surface area contributed by atoms with Crippen LogP contribution in [0.3, 0.4) is 0 Å². The molecule has 144 valence electrons. The van der Waals surface area contributed by atoms with Crippen LogP contribution >= 0.6 is 23.8 Å². The Labute approximate surface area is 171 Å². The fourth-order valence-electron chi connectivity index (χ4n) is 3.01. The first kappa shape index (κ1) is 19.9. The van der Waals surface area contributed by atoms with E-state index in [2.05, 4.69) is 34.7 Å². The largest absolute Gasteiger partial charge is 0.490 e. The molecular weight excluding hydrogens is 378 g/mol. The highest BCUT2D eigenvalue weighted by Gasteiger charge is 2.17. The molecule has 27 heavy (non-hydrogen) atoms. The Kier molecular flexibility index (Phi) is 6.94. The van der Waals surface area contributed by atoms with Gasteiger partial charge in [0.15, 0.2) is 5.11 Å². The van der Waals surface area contributed by atoms with E-state index in [0.29, 0.717) is 17.8 Å². The van der Waals surface area contributed by atoms with Crippen molar-refractivity contribution in [1.82, 2.24) is 10.2 Å². The van der Waals surface area contributed by atoms with Crippen molar-refractivity contribution < 1.29 is 4.74 Å².